The molecule has 0 spiro atoms. The van der Waals surface area contributed by atoms with E-state index in [1.165, 1.54) is 83.9 Å². The molecule has 1 heterocycles. The van der Waals surface area contributed by atoms with Gasteiger partial charge in [-0.1, -0.05) is 112 Å². The van der Waals surface area contributed by atoms with Crippen molar-refractivity contribution in [2.45, 2.75) is 214 Å². The van der Waals surface area contributed by atoms with Crippen LogP contribution in [0.25, 0.3) is 0 Å². The molecule has 0 radical (unpaired) electrons. The topological polar surface area (TPSA) is 259 Å². The summed E-state index contributed by atoms with van der Waals surface area (Å²) in [6, 6.07) is -4.98. The molecule has 8 atom stereocenters. The quantitative estimate of drug-likeness (QED) is 0.181. The number of nitrogens with zero attached hydrogens (tertiary/aromatic N) is 7. The van der Waals surface area contributed by atoms with Crippen LogP contribution < -0.4 is 21.3 Å². The molecule has 0 unspecified atom stereocenters. The SMILES string of the molecule is CC[C@H](C)[C@@H]1NC(=O)[C@H](CC(C)C)N(C)C(=O)C[C@@H](C)N(C)C(=O)[C@H](CC(C)C)NC(=O)C(C)(C)N(C)C(=O)[C@H](CC(C)C)NC(=O)[C@H](CCc2ccc(C(F)(F)F)c(Cl)c2)NC(=O)CN(C)C(=O)[C@H](CC2CCCCC2)N(C)C(=O)CN(C)C(=O)CN(C)C1=O. The van der Waals surface area contributed by atoms with Crippen LogP contribution in [0.4, 0.5) is 13.2 Å². The predicted octanol–water partition coefficient (Wildman–Crippen LogP) is 5.90. The zero-order chi connectivity index (χ0) is 69.3. The van der Waals surface area contributed by atoms with Gasteiger partial charge in [0.05, 0.1) is 30.2 Å². The fourth-order valence-electron chi connectivity index (χ4n) is 11.3. The molecule has 1 aliphatic heterocycles. The summed E-state index contributed by atoms with van der Waals surface area (Å²) < 4.78 is 41.2. The number of aryl methyl sites for hydroxylation is 1. The molecule has 11 amide bonds. The van der Waals surface area contributed by atoms with Gasteiger partial charge < -0.3 is 55.6 Å². The number of hydrogen-bond acceptors (Lipinski definition) is 11. The van der Waals surface area contributed by atoms with Crippen LogP contribution in [-0.4, -0.2) is 216 Å². The highest BCUT2D eigenvalue weighted by molar-refractivity contribution is 6.31. The van der Waals surface area contributed by atoms with Crippen molar-refractivity contribution in [1.29, 1.82) is 0 Å². The molecular weight excluding hydrogens is 1200 g/mol. The Kier molecular flexibility index (Phi) is 30.2. The molecule has 514 valence electrons. The third kappa shape index (κ3) is 22.9. The van der Waals surface area contributed by atoms with E-state index in [-0.39, 0.29) is 74.2 Å². The maximum Gasteiger partial charge on any atom is 0.417 e. The molecule has 2 fully saturated rings. The molecule has 0 aromatic heterocycles. The Hall–Kier alpha value is -6.53. The minimum atomic E-state index is -4.76. The summed E-state index contributed by atoms with van der Waals surface area (Å²) in [5.41, 5.74) is -2.49. The summed E-state index contributed by atoms with van der Waals surface area (Å²) in [7, 11) is 9.89. The van der Waals surface area contributed by atoms with Crippen LogP contribution in [0.2, 0.25) is 5.02 Å². The fraction of sp³-hybridized carbons (Fsp3) is 0.738. The second-order valence-corrected chi connectivity index (χ2v) is 27.6. The van der Waals surface area contributed by atoms with Gasteiger partial charge in [0.1, 0.15) is 41.8 Å². The van der Waals surface area contributed by atoms with Gasteiger partial charge in [-0.3, -0.25) is 52.7 Å². The van der Waals surface area contributed by atoms with Crippen LogP contribution in [0.5, 0.6) is 0 Å². The molecule has 2 aliphatic rings. The van der Waals surface area contributed by atoms with E-state index in [2.05, 4.69) is 21.3 Å². The highest BCUT2D eigenvalue weighted by Crippen LogP contribution is 2.35. The molecule has 91 heavy (non-hydrogen) atoms. The van der Waals surface area contributed by atoms with Gasteiger partial charge in [0.15, 0.2) is 0 Å². The zero-order valence-corrected chi connectivity index (χ0v) is 57.9. The molecule has 1 saturated heterocycles. The lowest BCUT2D eigenvalue weighted by Crippen LogP contribution is -2.63. The Labute approximate surface area is 542 Å². The van der Waals surface area contributed by atoms with E-state index in [1.54, 1.807) is 27.7 Å². The maximum absolute atomic E-state index is 14.8. The first-order chi connectivity index (χ1) is 42.1. The molecule has 1 aromatic carbocycles. The van der Waals surface area contributed by atoms with Gasteiger partial charge in [0.2, 0.25) is 65.0 Å². The number of benzene rings is 1. The molecular formula is C65H105ClF3N11O11. The number of rotatable bonds is 13. The maximum atomic E-state index is 14.8. The number of hydrogen-bond donors (Lipinski definition) is 4. The van der Waals surface area contributed by atoms with Crippen LogP contribution >= 0.6 is 11.6 Å². The summed E-state index contributed by atoms with van der Waals surface area (Å²) >= 11 is 6.09. The highest BCUT2D eigenvalue weighted by Gasteiger charge is 2.43. The lowest BCUT2D eigenvalue weighted by atomic mass is 9.84. The van der Waals surface area contributed by atoms with Crippen molar-refractivity contribution in [3.05, 3.63) is 34.3 Å². The second kappa shape index (κ2) is 34.9. The number of halogens is 4. The molecule has 4 N–H and O–H groups in total. The summed E-state index contributed by atoms with van der Waals surface area (Å²) in [5, 5.41) is 10.6. The number of carbonyl (C=O) groups excluding carboxylic acids is 11. The lowest BCUT2D eigenvalue weighted by molar-refractivity contribution is -0.149. The standard InChI is InChI=1S/C65H105ClF3N11O11/c1-19-41(8)56-62(90)76(14)36-54(83)74(12)37-55(84)79(17)51(34-43-23-21-20-22-24-43)61(89)75(13)35-52(81)70-47(28-26-44-25-27-45(46(66)33-44)65(67,68)69)57(85)71-49(30-39(4)5)60(88)80(18)64(10,11)63(91)72-48(29-38(2)3)59(87)77(15)42(9)32-53(82)78(16)50(31-40(6)7)58(86)73-56/h25,27,33,38-43,47-51,56H,19-24,26,28-32,34-37H2,1-18H3,(H,70,81)(H,71,85)(H,72,91)(H,73,86)/t41-,42+,47-,48-,49-,50-,51-,56-/m0/s1. The summed E-state index contributed by atoms with van der Waals surface area (Å²) in [6.07, 6.45) is 0.0304. The Morgan fingerprint density at radius 1 is 0.593 bits per heavy atom. The van der Waals surface area contributed by atoms with E-state index in [4.69, 9.17) is 11.6 Å². The zero-order valence-electron chi connectivity index (χ0n) is 57.1. The van der Waals surface area contributed by atoms with Crippen LogP contribution in [0.1, 0.15) is 164 Å². The predicted molar refractivity (Wildman–Crippen MR) is 341 cm³/mol. The van der Waals surface area contributed by atoms with Crippen LogP contribution in [0.15, 0.2) is 18.2 Å². The molecule has 22 nitrogen and oxygen atoms in total. The highest BCUT2D eigenvalue weighted by atomic mass is 35.5. The van der Waals surface area contributed by atoms with E-state index in [0.29, 0.717) is 6.42 Å². The monoisotopic (exact) mass is 1310 g/mol. The van der Waals surface area contributed by atoms with Crippen molar-refractivity contribution in [3.63, 3.8) is 0 Å². The minimum absolute atomic E-state index is 0.0227. The molecule has 3 rings (SSSR count). The third-order valence-electron chi connectivity index (χ3n) is 17.9. The molecule has 1 aliphatic carbocycles. The average molecular weight is 1310 g/mol. The van der Waals surface area contributed by atoms with Crippen molar-refractivity contribution in [2.24, 2.45) is 29.6 Å². The van der Waals surface area contributed by atoms with Crippen molar-refractivity contribution in [3.8, 4) is 0 Å². The van der Waals surface area contributed by atoms with E-state index >= 15 is 0 Å². The Bertz CT molecular complexity index is 2730. The Balaban J connectivity index is 2.22. The van der Waals surface area contributed by atoms with Gasteiger partial charge >= 0.3 is 6.18 Å². The smallest absolute Gasteiger partial charge is 0.343 e. The number of likely N-dealkylation sites (N-methyl/N-ethyl adjacent to an activating group) is 7. The molecule has 26 heteroatoms. The summed E-state index contributed by atoms with van der Waals surface area (Å²) in [6.45, 7) is 17.6. The van der Waals surface area contributed by atoms with Crippen molar-refractivity contribution >= 4 is 76.6 Å². The fourth-order valence-corrected chi connectivity index (χ4v) is 11.6. The van der Waals surface area contributed by atoms with Gasteiger partial charge in [-0.15, -0.1) is 0 Å². The number of alkyl halides is 3. The largest absolute Gasteiger partial charge is 0.417 e. The van der Waals surface area contributed by atoms with Crippen LogP contribution in [0.3, 0.4) is 0 Å². The van der Waals surface area contributed by atoms with Gasteiger partial charge in [-0.05, 0) is 107 Å². The van der Waals surface area contributed by atoms with Crippen LogP contribution in [-0.2, 0) is 65.3 Å². The Morgan fingerprint density at radius 2 is 1.13 bits per heavy atom. The van der Waals surface area contributed by atoms with E-state index in [1.807, 2.05) is 34.6 Å². The van der Waals surface area contributed by atoms with Gasteiger partial charge in [-0.2, -0.15) is 13.2 Å². The van der Waals surface area contributed by atoms with Gasteiger partial charge in [-0.25, -0.2) is 0 Å². The lowest BCUT2D eigenvalue weighted by Gasteiger charge is -2.39. The van der Waals surface area contributed by atoms with Gasteiger partial charge in [0, 0.05) is 61.8 Å². The van der Waals surface area contributed by atoms with E-state index in [9.17, 15) is 65.9 Å². The average Bonchev–Trinajstić information content (AvgIpc) is 1.09. The van der Waals surface area contributed by atoms with E-state index in [0.717, 1.165) is 63.8 Å². The van der Waals surface area contributed by atoms with Crippen molar-refractivity contribution in [1.82, 2.24) is 55.6 Å². The first-order valence-corrected chi connectivity index (χ1v) is 32.4. The molecule has 1 saturated carbocycles. The second-order valence-electron chi connectivity index (χ2n) is 27.2. The molecule has 0 bridgehead atoms. The summed E-state index contributed by atoms with van der Waals surface area (Å²) in [5.74, 6) is -8.24. The molecule has 1 aromatic rings. The van der Waals surface area contributed by atoms with Crippen molar-refractivity contribution in [2.75, 3.05) is 69.0 Å². The van der Waals surface area contributed by atoms with Gasteiger partial charge in [0.25, 0.3) is 0 Å². The first-order valence-electron chi connectivity index (χ1n) is 32.0. The number of nitrogens with one attached hydrogen (secondary N) is 4. The third-order valence-corrected chi connectivity index (χ3v) is 18.2. The van der Waals surface area contributed by atoms with Crippen molar-refractivity contribution < 1.29 is 65.9 Å². The van der Waals surface area contributed by atoms with Crippen LogP contribution in [0, 0.1) is 29.6 Å². The van der Waals surface area contributed by atoms with E-state index < -0.39 is 155 Å². The Morgan fingerprint density at radius 3 is 1.67 bits per heavy atom. The minimum Gasteiger partial charge on any atom is -0.343 e. The number of carbonyl (C=O) groups is 11. The number of amides is 11. The first kappa shape index (κ1) is 78.7. The summed E-state index contributed by atoms with van der Waals surface area (Å²) in [4.78, 5) is 167. The normalized spacial score (nSPS) is 24.9.